The molecule has 0 aromatic heterocycles. The molecular weight excluding hydrogens is 410 g/mol. The Morgan fingerprint density at radius 2 is 1.70 bits per heavy atom. The van der Waals surface area contributed by atoms with Crippen molar-refractivity contribution in [1.29, 1.82) is 0 Å². The Morgan fingerprint density at radius 3 is 2.37 bits per heavy atom. The lowest BCUT2D eigenvalue weighted by molar-refractivity contribution is 0.0450. The topological polar surface area (TPSA) is 91.4 Å². The Balaban J connectivity index is 1.60. The van der Waals surface area contributed by atoms with Gasteiger partial charge in [-0.1, -0.05) is 6.07 Å². The van der Waals surface area contributed by atoms with Crippen molar-refractivity contribution in [2.75, 3.05) is 46.6 Å². The summed E-state index contributed by atoms with van der Waals surface area (Å²) < 4.78 is 48.3. The molecule has 9 heteroatoms. The van der Waals surface area contributed by atoms with Gasteiger partial charge in [0.1, 0.15) is 24.7 Å². The maximum atomic E-state index is 12.9. The number of hydrogen-bond donors (Lipinski definition) is 0. The minimum absolute atomic E-state index is 0.0320. The Labute approximate surface area is 176 Å². The predicted molar refractivity (Wildman–Crippen MR) is 110 cm³/mol. The van der Waals surface area contributed by atoms with Crippen molar-refractivity contribution < 1.29 is 32.2 Å². The van der Waals surface area contributed by atoms with E-state index < -0.39 is 16.0 Å². The van der Waals surface area contributed by atoms with Gasteiger partial charge in [0.15, 0.2) is 0 Å². The van der Waals surface area contributed by atoms with Crippen molar-refractivity contribution >= 4 is 16.0 Å². The lowest BCUT2D eigenvalue weighted by atomic mass is 10.1. The van der Waals surface area contributed by atoms with E-state index in [4.69, 9.17) is 18.9 Å². The molecule has 0 amide bonds. The third-order valence-corrected chi connectivity index (χ3v) is 6.70. The van der Waals surface area contributed by atoms with Gasteiger partial charge in [-0.05, 0) is 48.9 Å². The highest BCUT2D eigenvalue weighted by Crippen LogP contribution is 2.23. The van der Waals surface area contributed by atoms with E-state index >= 15 is 0 Å². The van der Waals surface area contributed by atoms with Crippen molar-refractivity contribution in [3.05, 3.63) is 53.6 Å². The van der Waals surface area contributed by atoms with Gasteiger partial charge in [0.2, 0.25) is 10.0 Å². The molecule has 8 nitrogen and oxygen atoms in total. The molecule has 1 saturated heterocycles. The van der Waals surface area contributed by atoms with Gasteiger partial charge >= 0.3 is 5.97 Å². The number of ether oxygens (including phenoxy) is 4. The number of carbonyl (C=O) groups is 1. The van der Waals surface area contributed by atoms with Crippen LogP contribution in [0.15, 0.2) is 47.4 Å². The number of methoxy groups -OCH3 is 1. The molecule has 1 fully saturated rings. The molecule has 162 valence electrons. The number of aryl methyl sites for hydroxylation is 1. The summed E-state index contributed by atoms with van der Waals surface area (Å²) in [7, 11) is -2.12. The van der Waals surface area contributed by atoms with Crippen LogP contribution in [0.1, 0.15) is 15.9 Å². The van der Waals surface area contributed by atoms with Gasteiger partial charge in [0, 0.05) is 13.1 Å². The Hall–Kier alpha value is -2.62. The number of hydrogen-bond acceptors (Lipinski definition) is 7. The first-order valence-electron chi connectivity index (χ1n) is 9.54. The van der Waals surface area contributed by atoms with Gasteiger partial charge in [0.25, 0.3) is 0 Å². The molecule has 0 unspecified atom stereocenters. The van der Waals surface area contributed by atoms with Crippen LogP contribution < -0.4 is 9.47 Å². The minimum atomic E-state index is -3.71. The Morgan fingerprint density at radius 1 is 1.03 bits per heavy atom. The van der Waals surface area contributed by atoms with Gasteiger partial charge in [-0.15, -0.1) is 0 Å². The summed E-state index contributed by atoms with van der Waals surface area (Å²) in [5.74, 6) is 0.740. The zero-order valence-corrected chi connectivity index (χ0v) is 17.8. The van der Waals surface area contributed by atoms with E-state index in [-0.39, 0.29) is 23.7 Å². The normalized spacial score (nSPS) is 14.9. The van der Waals surface area contributed by atoms with Crippen molar-refractivity contribution in [3.8, 4) is 11.5 Å². The molecule has 0 bridgehead atoms. The Kier molecular flexibility index (Phi) is 7.30. The number of benzene rings is 2. The van der Waals surface area contributed by atoms with Crippen LogP contribution in [0.4, 0.5) is 0 Å². The van der Waals surface area contributed by atoms with Crippen LogP contribution >= 0.6 is 0 Å². The van der Waals surface area contributed by atoms with Crippen LogP contribution in [0, 0.1) is 6.92 Å². The largest absolute Gasteiger partial charge is 0.497 e. The zero-order chi connectivity index (χ0) is 21.6. The molecule has 0 spiro atoms. The van der Waals surface area contributed by atoms with Crippen molar-refractivity contribution in [2.24, 2.45) is 0 Å². The number of esters is 1. The van der Waals surface area contributed by atoms with Crippen LogP contribution in [0.25, 0.3) is 0 Å². The maximum Gasteiger partial charge on any atom is 0.338 e. The lowest BCUT2D eigenvalue weighted by Crippen LogP contribution is -2.40. The molecule has 2 aromatic rings. The van der Waals surface area contributed by atoms with Gasteiger partial charge in [0.05, 0.1) is 30.8 Å². The average molecular weight is 435 g/mol. The Bertz CT molecular complexity index is 967. The number of carbonyl (C=O) groups excluding carboxylic acids is 1. The third-order valence-electron chi connectivity index (χ3n) is 4.66. The molecule has 0 N–H and O–H groups in total. The van der Waals surface area contributed by atoms with Crippen molar-refractivity contribution in [3.63, 3.8) is 0 Å². The second-order valence-electron chi connectivity index (χ2n) is 6.66. The SMILES string of the molecule is COc1ccc(OCCOC(=O)c2ccc(C)c(S(=O)(=O)N3CCOCC3)c2)cc1. The molecule has 0 saturated carbocycles. The number of nitrogens with zero attached hydrogens (tertiary/aromatic N) is 1. The molecular formula is C21H25NO7S. The van der Waals surface area contributed by atoms with Gasteiger partial charge < -0.3 is 18.9 Å². The van der Waals surface area contributed by atoms with Crippen LogP contribution in [0.5, 0.6) is 11.5 Å². The second kappa shape index (κ2) is 9.92. The maximum absolute atomic E-state index is 12.9. The molecule has 0 atom stereocenters. The highest BCUT2D eigenvalue weighted by Gasteiger charge is 2.28. The monoisotopic (exact) mass is 435 g/mol. The van der Waals surface area contributed by atoms with E-state index in [2.05, 4.69) is 0 Å². The summed E-state index contributed by atoms with van der Waals surface area (Å²) in [4.78, 5) is 12.5. The van der Waals surface area contributed by atoms with Gasteiger partial charge in [-0.3, -0.25) is 0 Å². The average Bonchev–Trinajstić information content (AvgIpc) is 2.77. The smallest absolute Gasteiger partial charge is 0.338 e. The van der Waals surface area contributed by atoms with Crippen LogP contribution in [-0.4, -0.2) is 65.3 Å². The van der Waals surface area contributed by atoms with E-state index in [1.54, 1.807) is 50.4 Å². The lowest BCUT2D eigenvalue weighted by Gasteiger charge is -2.26. The highest BCUT2D eigenvalue weighted by molar-refractivity contribution is 7.89. The summed E-state index contributed by atoms with van der Waals surface area (Å²) in [5, 5.41) is 0. The van der Waals surface area contributed by atoms with Gasteiger partial charge in [-0.25, -0.2) is 13.2 Å². The van der Waals surface area contributed by atoms with E-state index in [0.717, 1.165) is 5.75 Å². The van der Waals surface area contributed by atoms with Crippen LogP contribution in [-0.2, 0) is 19.5 Å². The molecule has 30 heavy (non-hydrogen) atoms. The predicted octanol–water partition coefficient (Wildman–Crippen LogP) is 2.26. The third kappa shape index (κ3) is 5.29. The summed E-state index contributed by atoms with van der Waals surface area (Å²) in [6.07, 6.45) is 0. The summed E-state index contributed by atoms with van der Waals surface area (Å²) in [6, 6.07) is 11.6. The number of morpholine rings is 1. The highest BCUT2D eigenvalue weighted by atomic mass is 32.2. The van der Waals surface area contributed by atoms with E-state index in [0.29, 0.717) is 37.6 Å². The first kappa shape index (κ1) is 22.1. The van der Waals surface area contributed by atoms with Crippen molar-refractivity contribution in [2.45, 2.75) is 11.8 Å². The quantitative estimate of drug-likeness (QED) is 0.464. The van der Waals surface area contributed by atoms with Crippen LogP contribution in [0.2, 0.25) is 0 Å². The molecule has 1 aliphatic rings. The minimum Gasteiger partial charge on any atom is -0.497 e. The summed E-state index contributed by atoms with van der Waals surface area (Å²) >= 11 is 0. The first-order chi connectivity index (χ1) is 14.4. The molecule has 0 aliphatic carbocycles. The fourth-order valence-electron chi connectivity index (χ4n) is 2.98. The molecule has 3 rings (SSSR count). The van der Waals surface area contributed by atoms with Crippen molar-refractivity contribution in [1.82, 2.24) is 4.31 Å². The fourth-order valence-corrected chi connectivity index (χ4v) is 4.64. The summed E-state index contributed by atoms with van der Waals surface area (Å²) in [6.45, 7) is 3.19. The standard InChI is InChI=1S/C21H25NO7S/c1-16-3-4-17(15-20(16)30(24,25)22-9-11-27-12-10-22)21(23)29-14-13-28-19-7-5-18(26-2)6-8-19/h3-8,15H,9-14H2,1-2H3. The van der Waals surface area contributed by atoms with E-state index in [1.165, 1.54) is 10.4 Å². The fraction of sp³-hybridized carbons (Fsp3) is 0.381. The summed E-state index contributed by atoms with van der Waals surface area (Å²) in [5.41, 5.74) is 0.748. The molecule has 2 aromatic carbocycles. The molecule has 1 heterocycles. The van der Waals surface area contributed by atoms with E-state index in [1.807, 2.05) is 0 Å². The number of rotatable bonds is 8. The second-order valence-corrected chi connectivity index (χ2v) is 8.56. The zero-order valence-electron chi connectivity index (χ0n) is 17.0. The molecule has 0 radical (unpaired) electrons. The molecule has 1 aliphatic heterocycles. The first-order valence-corrected chi connectivity index (χ1v) is 11.0. The number of sulfonamides is 1. The van der Waals surface area contributed by atoms with Gasteiger partial charge in [-0.2, -0.15) is 4.31 Å². The van der Waals surface area contributed by atoms with E-state index in [9.17, 15) is 13.2 Å². The van der Waals surface area contributed by atoms with Crippen LogP contribution in [0.3, 0.4) is 0 Å².